The summed E-state index contributed by atoms with van der Waals surface area (Å²) < 4.78 is 0.818. The molecule has 0 aliphatic rings. The third-order valence-corrected chi connectivity index (χ3v) is 3.65. The lowest BCUT2D eigenvalue weighted by Gasteiger charge is -2.11. The molecule has 2 rings (SSSR count). The van der Waals surface area contributed by atoms with Gasteiger partial charge >= 0.3 is 0 Å². The molecule has 0 fully saturated rings. The van der Waals surface area contributed by atoms with Crippen molar-refractivity contribution in [1.82, 2.24) is 10.9 Å². The van der Waals surface area contributed by atoms with E-state index in [4.69, 9.17) is 0 Å². The van der Waals surface area contributed by atoms with Gasteiger partial charge in [-0.05, 0) is 30.3 Å². The largest absolute Gasteiger partial charge is 0.387 e. The third-order valence-electron chi connectivity index (χ3n) is 3.12. The zero-order valence-electron chi connectivity index (χ0n) is 12.5. The standard InChI is InChI=1S/C15H13BrN4O4/c1-17-13-7-6-11(20(23)24)8-12(13)15(22)19-18-14(21)9-2-4-10(16)5-3-9/h2-8,17H,1H3,(H,18,21)(H,19,22). The highest BCUT2D eigenvalue weighted by Crippen LogP contribution is 2.21. The number of anilines is 1. The highest BCUT2D eigenvalue weighted by molar-refractivity contribution is 9.10. The number of nitrogens with zero attached hydrogens (tertiary/aromatic N) is 1. The average Bonchev–Trinajstić information content (AvgIpc) is 2.59. The highest BCUT2D eigenvalue weighted by Gasteiger charge is 2.17. The van der Waals surface area contributed by atoms with Gasteiger partial charge in [0.2, 0.25) is 0 Å². The predicted molar refractivity (Wildman–Crippen MR) is 91.7 cm³/mol. The summed E-state index contributed by atoms with van der Waals surface area (Å²) in [5.74, 6) is -1.18. The number of rotatable bonds is 4. The number of non-ortho nitro benzene ring substituents is 1. The number of carbonyl (C=O) groups excluding carboxylic acids is 2. The molecule has 9 heteroatoms. The number of amides is 2. The maximum Gasteiger partial charge on any atom is 0.272 e. The van der Waals surface area contributed by atoms with Gasteiger partial charge < -0.3 is 5.32 Å². The maximum atomic E-state index is 12.2. The summed E-state index contributed by atoms with van der Waals surface area (Å²) in [5, 5.41) is 13.6. The summed E-state index contributed by atoms with van der Waals surface area (Å²) in [4.78, 5) is 34.4. The van der Waals surface area contributed by atoms with Crippen LogP contribution in [0.25, 0.3) is 0 Å². The van der Waals surface area contributed by atoms with E-state index in [1.54, 1.807) is 31.3 Å². The molecule has 0 unspecified atom stereocenters. The highest BCUT2D eigenvalue weighted by atomic mass is 79.9. The first kappa shape index (κ1) is 17.4. The van der Waals surface area contributed by atoms with E-state index in [-0.39, 0.29) is 11.3 Å². The Kier molecular flexibility index (Phi) is 5.48. The predicted octanol–water partition coefficient (Wildman–Crippen LogP) is 2.47. The van der Waals surface area contributed by atoms with Crippen LogP contribution in [-0.2, 0) is 0 Å². The zero-order chi connectivity index (χ0) is 17.7. The average molecular weight is 393 g/mol. The summed E-state index contributed by atoms with van der Waals surface area (Å²) in [7, 11) is 1.58. The molecule has 0 aliphatic carbocycles. The minimum Gasteiger partial charge on any atom is -0.387 e. The summed E-state index contributed by atoms with van der Waals surface area (Å²) in [6.45, 7) is 0. The number of benzene rings is 2. The Morgan fingerprint density at radius 1 is 1.04 bits per heavy atom. The molecule has 2 amide bonds. The van der Waals surface area contributed by atoms with Crippen molar-refractivity contribution in [3.8, 4) is 0 Å². The summed E-state index contributed by atoms with van der Waals surface area (Å²) in [6, 6.07) is 10.4. The Labute approximate surface area is 145 Å². The van der Waals surface area contributed by atoms with Crippen molar-refractivity contribution in [2.75, 3.05) is 12.4 Å². The molecule has 0 atom stereocenters. The first-order valence-corrected chi connectivity index (χ1v) is 7.54. The van der Waals surface area contributed by atoms with Crippen LogP contribution in [0.3, 0.4) is 0 Å². The summed E-state index contributed by atoms with van der Waals surface area (Å²) >= 11 is 3.26. The molecular weight excluding hydrogens is 380 g/mol. The van der Waals surface area contributed by atoms with Crippen LogP contribution in [0.4, 0.5) is 11.4 Å². The van der Waals surface area contributed by atoms with E-state index in [2.05, 4.69) is 32.1 Å². The lowest BCUT2D eigenvalue weighted by Crippen LogP contribution is -2.41. The smallest absolute Gasteiger partial charge is 0.272 e. The lowest BCUT2D eigenvalue weighted by molar-refractivity contribution is -0.384. The number of nitro benzene ring substituents is 1. The zero-order valence-corrected chi connectivity index (χ0v) is 14.1. The quantitative estimate of drug-likeness (QED) is 0.546. The molecule has 2 aromatic rings. The van der Waals surface area contributed by atoms with Gasteiger partial charge in [0.15, 0.2) is 0 Å². The molecule has 0 saturated carbocycles. The molecule has 0 saturated heterocycles. The van der Waals surface area contributed by atoms with Crippen molar-refractivity contribution in [2.45, 2.75) is 0 Å². The minimum absolute atomic E-state index is 0.0443. The first-order chi connectivity index (χ1) is 11.4. The van der Waals surface area contributed by atoms with Crippen molar-refractivity contribution in [2.24, 2.45) is 0 Å². The molecule has 2 aromatic carbocycles. The van der Waals surface area contributed by atoms with Crippen LogP contribution in [0.1, 0.15) is 20.7 Å². The van der Waals surface area contributed by atoms with Crippen LogP contribution in [0.15, 0.2) is 46.9 Å². The number of nitro groups is 1. The van der Waals surface area contributed by atoms with Crippen LogP contribution < -0.4 is 16.2 Å². The van der Waals surface area contributed by atoms with Crippen molar-refractivity contribution in [1.29, 1.82) is 0 Å². The maximum absolute atomic E-state index is 12.2. The topological polar surface area (TPSA) is 113 Å². The van der Waals surface area contributed by atoms with Crippen LogP contribution in [0.5, 0.6) is 0 Å². The van der Waals surface area contributed by atoms with Crippen LogP contribution in [0, 0.1) is 10.1 Å². The molecular formula is C15H13BrN4O4. The minimum atomic E-state index is -0.673. The number of nitrogens with one attached hydrogen (secondary N) is 3. The van der Waals surface area contributed by atoms with Crippen LogP contribution in [-0.4, -0.2) is 23.8 Å². The van der Waals surface area contributed by atoms with Crippen LogP contribution in [0.2, 0.25) is 0 Å². The molecule has 124 valence electrons. The Hall–Kier alpha value is -2.94. The van der Waals surface area contributed by atoms with E-state index < -0.39 is 16.7 Å². The first-order valence-electron chi connectivity index (χ1n) is 6.75. The fraction of sp³-hybridized carbons (Fsp3) is 0.0667. The Bertz CT molecular complexity index is 793. The van der Waals surface area contributed by atoms with E-state index in [9.17, 15) is 19.7 Å². The summed E-state index contributed by atoms with van der Waals surface area (Å²) in [5.41, 5.74) is 5.08. The number of hydrogen-bond donors (Lipinski definition) is 3. The van der Waals surface area contributed by atoms with E-state index in [0.29, 0.717) is 11.3 Å². The van der Waals surface area contributed by atoms with Gasteiger partial charge in [-0.2, -0.15) is 0 Å². The molecule has 0 spiro atoms. The molecule has 0 heterocycles. The Balaban J connectivity index is 2.11. The molecule has 0 bridgehead atoms. The number of carbonyl (C=O) groups is 2. The van der Waals surface area contributed by atoms with Crippen molar-refractivity contribution in [3.63, 3.8) is 0 Å². The van der Waals surface area contributed by atoms with Gasteiger partial charge in [0, 0.05) is 34.9 Å². The van der Waals surface area contributed by atoms with E-state index in [0.717, 1.165) is 10.5 Å². The van der Waals surface area contributed by atoms with Gasteiger partial charge in [-0.1, -0.05) is 15.9 Å². The number of halogens is 1. The lowest BCUT2D eigenvalue weighted by atomic mass is 10.1. The second-order valence-corrected chi connectivity index (χ2v) is 5.57. The fourth-order valence-corrected chi connectivity index (χ4v) is 2.17. The van der Waals surface area contributed by atoms with Crippen molar-refractivity contribution in [3.05, 3.63) is 68.2 Å². The Morgan fingerprint density at radius 3 is 2.25 bits per heavy atom. The van der Waals surface area contributed by atoms with Gasteiger partial charge in [0.05, 0.1) is 10.5 Å². The van der Waals surface area contributed by atoms with Crippen LogP contribution >= 0.6 is 15.9 Å². The van der Waals surface area contributed by atoms with Gasteiger partial charge in [0.25, 0.3) is 17.5 Å². The number of hydrogen-bond acceptors (Lipinski definition) is 5. The van der Waals surface area contributed by atoms with Gasteiger partial charge in [-0.3, -0.25) is 30.6 Å². The molecule has 0 aromatic heterocycles. The van der Waals surface area contributed by atoms with E-state index in [1.807, 2.05) is 0 Å². The molecule has 8 nitrogen and oxygen atoms in total. The second kappa shape index (κ2) is 7.55. The van der Waals surface area contributed by atoms with E-state index >= 15 is 0 Å². The molecule has 24 heavy (non-hydrogen) atoms. The Morgan fingerprint density at radius 2 is 1.67 bits per heavy atom. The summed E-state index contributed by atoms with van der Waals surface area (Å²) in [6.07, 6.45) is 0. The van der Waals surface area contributed by atoms with Gasteiger partial charge in [-0.15, -0.1) is 0 Å². The SMILES string of the molecule is CNc1ccc([N+](=O)[O-])cc1C(=O)NNC(=O)c1ccc(Br)cc1. The third kappa shape index (κ3) is 4.07. The van der Waals surface area contributed by atoms with Crippen molar-refractivity contribution < 1.29 is 14.5 Å². The number of hydrazine groups is 1. The second-order valence-electron chi connectivity index (χ2n) is 4.65. The molecule has 3 N–H and O–H groups in total. The van der Waals surface area contributed by atoms with Gasteiger partial charge in [0.1, 0.15) is 0 Å². The fourth-order valence-electron chi connectivity index (χ4n) is 1.91. The normalized spacial score (nSPS) is 9.92. The van der Waals surface area contributed by atoms with E-state index in [1.165, 1.54) is 12.1 Å². The monoisotopic (exact) mass is 392 g/mol. The molecule has 0 radical (unpaired) electrons. The van der Waals surface area contributed by atoms with Gasteiger partial charge in [-0.25, -0.2) is 0 Å². The molecule has 0 aliphatic heterocycles. The van der Waals surface area contributed by atoms with Crippen molar-refractivity contribution >= 4 is 39.1 Å².